The van der Waals surface area contributed by atoms with Crippen LogP contribution >= 0.6 is 11.8 Å². The second kappa shape index (κ2) is 6.54. The minimum Gasteiger partial charge on any atom is -0.381 e. The molecule has 1 aliphatic rings. The fraction of sp³-hybridized carbons (Fsp3) is 0.833. The number of hydrogen-bond donors (Lipinski definition) is 1. The van der Waals surface area contributed by atoms with Crippen molar-refractivity contribution in [1.29, 1.82) is 0 Å². The van der Waals surface area contributed by atoms with E-state index in [1.807, 2.05) is 18.8 Å². The lowest BCUT2D eigenvalue weighted by Gasteiger charge is -2.28. The molecule has 2 rings (SSSR count). The molecular formula is C12H21N3O2S. The van der Waals surface area contributed by atoms with Gasteiger partial charge in [0.25, 0.3) is 0 Å². The SMILES string of the molecule is CNC1CCOCC1c1nc(CSC(C)C)no1. The van der Waals surface area contributed by atoms with Crippen LogP contribution in [0, 0.1) is 0 Å². The van der Waals surface area contributed by atoms with Crippen molar-refractivity contribution in [3.05, 3.63) is 11.7 Å². The Morgan fingerprint density at radius 3 is 3.06 bits per heavy atom. The maximum atomic E-state index is 5.50. The Hall–Kier alpha value is -0.590. The van der Waals surface area contributed by atoms with E-state index in [4.69, 9.17) is 9.26 Å². The van der Waals surface area contributed by atoms with E-state index >= 15 is 0 Å². The first kappa shape index (κ1) is 13.8. The molecule has 1 N–H and O–H groups in total. The van der Waals surface area contributed by atoms with Crippen LogP contribution in [0.5, 0.6) is 0 Å². The van der Waals surface area contributed by atoms with Crippen LogP contribution in [0.2, 0.25) is 0 Å². The van der Waals surface area contributed by atoms with E-state index in [2.05, 4.69) is 29.3 Å². The third kappa shape index (κ3) is 3.46. The van der Waals surface area contributed by atoms with Crippen LogP contribution < -0.4 is 5.32 Å². The smallest absolute Gasteiger partial charge is 0.233 e. The maximum absolute atomic E-state index is 5.50. The quantitative estimate of drug-likeness (QED) is 0.881. The molecule has 2 unspecified atom stereocenters. The summed E-state index contributed by atoms with van der Waals surface area (Å²) < 4.78 is 10.9. The molecule has 5 nitrogen and oxygen atoms in total. The molecule has 18 heavy (non-hydrogen) atoms. The van der Waals surface area contributed by atoms with Gasteiger partial charge in [0, 0.05) is 12.6 Å². The average Bonchev–Trinajstić information content (AvgIpc) is 2.85. The van der Waals surface area contributed by atoms with E-state index in [1.165, 1.54) is 0 Å². The van der Waals surface area contributed by atoms with Crippen molar-refractivity contribution in [3.63, 3.8) is 0 Å². The van der Waals surface area contributed by atoms with Gasteiger partial charge in [0.15, 0.2) is 5.82 Å². The predicted octanol–water partition coefficient (Wildman–Crippen LogP) is 1.80. The molecule has 6 heteroatoms. The highest BCUT2D eigenvalue weighted by Crippen LogP contribution is 2.25. The maximum Gasteiger partial charge on any atom is 0.233 e. The number of nitrogens with one attached hydrogen (secondary N) is 1. The molecule has 1 aromatic rings. The third-order valence-corrected chi connectivity index (χ3v) is 4.17. The normalized spacial score (nSPS) is 24.7. The van der Waals surface area contributed by atoms with Crippen LogP contribution in [0.1, 0.15) is 37.9 Å². The summed E-state index contributed by atoms with van der Waals surface area (Å²) in [5.74, 6) is 2.46. The Labute approximate surface area is 112 Å². The van der Waals surface area contributed by atoms with Crippen LogP contribution in [0.3, 0.4) is 0 Å². The van der Waals surface area contributed by atoms with Crippen LogP contribution in [0.25, 0.3) is 0 Å². The van der Waals surface area contributed by atoms with Gasteiger partial charge in [-0.25, -0.2) is 0 Å². The fourth-order valence-electron chi connectivity index (χ4n) is 2.04. The number of hydrogen-bond acceptors (Lipinski definition) is 6. The Bertz CT molecular complexity index is 370. The molecule has 102 valence electrons. The first-order valence-electron chi connectivity index (χ1n) is 6.39. The Balaban J connectivity index is 1.99. The average molecular weight is 271 g/mol. The van der Waals surface area contributed by atoms with Crippen molar-refractivity contribution in [2.75, 3.05) is 20.3 Å². The molecule has 0 amide bonds. The molecular weight excluding hydrogens is 250 g/mol. The van der Waals surface area contributed by atoms with Gasteiger partial charge in [0.1, 0.15) is 0 Å². The minimum absolute atomic E-state index is 0.175. The highest BCUT2D eigenvalue weighted by molar-refractivity contribution is 7.99. The van der Waals surface area contributed by atoms with Gasteiger partial charge in [-0.1, -0.05) is 19.0 Å². The topological polar surface area (TPSA) is 60.2 Å². The molecule has 0 saturated carbocycles. The fourth-order valence-corrected chi connectivity index (χ4v) is 2.64. The molecule has 1 saturated heterocycles. The molecule has 0 aromatic carbocycles. The molecule has 0 radical (unpaired) electrons. The lowest BCUT2D eigenvalue weighted by atomic mass is 9.96. The summed E-state index contributed by atoms with van der Waals surface area (Å²) >= 11 is 1.82. The molecule has 2 atom stereocenters. The third-order valence-electron chi connectivity index (χ3n) is 3.07. The lowest BCUT2D eigenvalue weighted by Crippen LogP contribution is -2.39. The Morgan fingerprint density at radius 2 is 2.33 bits per heavy atom. The number of nitrogens with zero attached hydrogens (tertiary/aromatic N) is 2. The Kier molecular flexibility index (Phi) is 5.03. The number of likely N-dealkylation sites (N-methyl/N-ethyl adjacent to an activating group) is 1. The second-order valence-corrected chi connectivity index (χ2v) is 6.34. The van der Waals surface area contributed by atoms with E-state index in [0.29, 0.717) is 23.8 Å². The van der Waals surface area contributed by atoms with E-state index in [1.54, 1.807) is 0 Å². The monoisotopic (exact) mass is 271 g/mol. The van der Waals surface area contributed by atoms with Gasteiger partial charge in [0.2, 0.25) is 5.89 Å². The summed E-state index contributed by atoms with van der Waals surface area (Å²) in [7, 11) is 1.97. The van der Waals surface area contributed by atoms with Crippen molar-refractivity contribution in [1.82, 2.24) is 15.5 Å². The Morgan fingerprint density at radius 1 is 1.50 bits per heavy atom. The van der Waals surface area contributed by atoms with Crippen LogP contribution in [-0.4, -0.2) is 41.7 Å². The largest absolute Gasteiger partial charge is 0.381 e. The van der Waals surface area contributed by atoms with Crippen LogP contribution in [-0.2, 0) is 10.5 Å². The van der Waals surface area contributed by atoms with Crippen molar-refractivity contribution in [3.8, 4) is 0 Å². The molecule has 2 heterocycles. The zero-order valence-electron chi connectivity index (χ0n) is 11.2. The number of thioether (sulfide) groups is 1. The lowest BCUT2D eigenvalue weighted by molar-refractivity contribution is 0.0516. The summed E-state index contributed by atoms with van der Waals surface area (Å²) in [6.45, 7) is 5.78. The predicted molar refractivity (Wildman–Crippen MR) is 71.8 cm³/mol. The summed E-state index contributed by atoms with van der Waals surface area (Å²) in [6.07, 6.45) is 0.986. The molecule has 1 aromatic heterocycles. The summed E-state index contributed by atoms with van der Waals surface area (Å²) in [4.78, 5) is 4.49. The van der Waals surface area contributed by atoms with E-state index in [-0.39, 0.29) is 5.92 Å². The van der Waals surface area contributed by atoms with Crippen LogP contribution in [0.4, 0.5) is 0 Å². The summed E-state index contributed by atoms with van der Waals surface area (Å²) in [5, 5.41) is 7.92. The first-order valence-corrected chi connectivity index (χ1v) is 7.44. The number of aromatic nitrogens is 2. The van der Waals surface area contributed by atoms with E-state index in [9.17, 15) is 0 Å². The first-order chi connectivity index (χ1) is 8.70. The van der Waals surface area contributed by atoms with Gasteiger partial charge >= 0.3 is 0 Å². The summed E-state index contributed by atoms with van der Waals surface area (Å²) in [6, 6.07) is 0.366. The van der Waals surface area contributed by atoms with Gasteiger partial charge in [-0.2, -0.15) is 16.7 Å². The number of ether oxygens (including phenoxy) is 1. The van der Waals surface area contributed by atoms with Crippen LogP contribution in [0.15, 0.2) is 4.52 Å². The van der Waals surface area contributed by atoms with Crippen molar-refractivity contribution in [2.45, 2.75) is 43.2 Å². The van der Waals surface area contributed by atoms with Crippen molar-refractivity contribution < 1.29 is 9.26 Å². The molecule has 1 aliphatic heterocycles. The molecule has 0 bridgehead atoms. The van der Waals surface area contributed by atoms with Gasteiger partial charge in [-0.05, 0) is 18.7 Å². The minimum atomic E-state index is 0.175. The summed E-state index contributed by atoms with van der Waals surface area (Å²) in [5.41, 5.74) is 0. The highest BCUT2D eigenvalue weighted by Gasteiger charge is 2.30. The van der Waals surface area contributed by atoms with Gasteiger partial charge in [-0.3, -0.25) is 0 Å². The van der Waals surface area contributed by atoms with Crippen molar-refractivity contribution >= 4 is 11.8 Å². The zero-order valence-corrected chi connectivity index (χ0v) is 12.0. The zero-order chi connectivity index (χ0) is 13.0. The highest BCUT2D eigenvalue weighted by atomic mass is 32.2. The van der Waals surface area contributed by atoms with Gasteiger partial charge < -0.3 is 14.6 Å². The second-order valence-electron chi connectivity index (χ2n) is 4.77. The molecule has 0 aliphatic carbocycles. The number of rotatable bonds is 5. The standard InChI is InChI=1S/C12H21N3O2S/c1-8(2)18-7-11-14-12(17-15-11)9-6-16-5-4-10(9)13-3/h8-10,13H,4-7H2,1-3H3. The van der Waals surface area contributed by atoms with Gasteiger partial charge in [-0.15, -0.1) is 0 Å². The van der Waals surface area contributed by atoms with Crippen molar-refractivity contribution in [2.24, 2.45) is 0 Å². The van der Waals surface area contributed by atoms with E-state index in [0.717, 1.165) is 24.6 Å². The molecule has 0 spiro atoms. The van der Waals surface area contributed by atoms with Gasteiger partial charge in [0.05, 0.1) is 18.3 Å². The van der Waals surface area contributed by atoms with E-state index < -0.39 is 0 Å². The molecule has 1 fully saturated rings.